The van der Waals surface area contributed by atoms with Crippen LogP contribution in [0.3, 0.4) is 0 Å². The summed E-state index contributed by atoms with van der Waals surface area (Å²) in [5.41, 5.74) is 8.87. The van der Waals surface area contributed by atoms with Crippen molar-refractivity contribution >= 4 is 5.82 Å². The summed E-state index contributed by atoms with van der Waals surface area (Å²) in [6, 6.07) is 0. The normalized spacial score (nSPS) is 10.9. The van der Waals surface area contributed by atoms with Crippen molar-refractivity contribution in [3.8, 4) is 11.3 Å². The Morgan fingerprint density at radius 1 is 1.27 bits per heavy atom. The van der Waals surface area contributed by atoms with Crippen LogP contribution in [0.1, 0.15) is 11.5 Å². The van der Waals surface area contributed by atoms with E-state index in [1.807, 2.05) is 37.2 Å². The molecule has 0 fully saturated rings. The minimum atomic E-state index is 0.684. The summed E-state index contributed by atoms with van der Waals surface area (Å²) in [4.78, 5) is 4.44. The molecule has 80 valence electrons. The Labute approximate surface area is 88.5 Å². The summed E-state index contributed by atoms with van der Waals surface area (Å²) >= 11 is 0. The van der Waals surface area contributed by atoms with Gasteiger partial charge in [-0.1, -0.05) is 0 Å². The van der Waals surface area contributed by atoms with Gasteiger partial charge in [0.2, 0.25) is 0 Å². The van der Waals surface area contributed by atoms with Gasteiger partial charge in [-0.2, -0.15) is 5.10 Å². The Morgan fingerprint density at radius 2 is 1.93 bits per heavy atom. The van der Waals surface area contributed by atoms with E-state index in [4.69, 9.17) is 5.73 Å². The van der Waals surface area contributed by atoms with Crippen molar-refractivity contribution in [2.75, 3.05) is 5.73 Å². The summed E-state index contributed by atoms with van der Waals surface area (Å²) in [5.74, 6) is 1.59. The average molecular weight is 205 g/mol. The molecule has 2 aromatic rings. The Balaban J connectivity index is 2.64. The van der Waals surface area contributed by atoms with E-state index >= 15 is 0 Å². The quantitative estimate of drug-likeness (QED) is 0.756. The first-order chi connectivity index (χ1) is 7.02. The fourth-order valence-corrected chi connectivity index (χ4v) is 1.56. The molecule has 0 saturated carbocycles. The standard InChI is InChI=1S/C10H15N5/c1-6-8(5-12-15(6)4)9-10(11)14(3)7(2)13-9/h5H,11H2,1-4H3. The first-order valence-corrected chi connectivity index (χ1v) is 4.80. The Morgan fingerprint density at radius 3 is 2.33 bits per heavy atom. The highest BCUT2D eigenvalue weighted by Crippen LogP contribution is 2.27. The Bertz CT molecular complexity index is 506. The molecule has 15 heavy (non-hydrogen) atoms. The fourth-order valence-electron chi connectivity index (χ4n) is 1.56. The van der Waals surface area contributed by atoms with Gasteiger partial charge in [-0.15, -0.1) is 0 Å². The lowest BCUT2D eigenvalue weighted by molar-refractivity contribution is 0.740. The second-order valence-electron chi connectivity index (χ2n) is 3.72. The largest absolute Gasteiger partial charge is 0.383 e. The van der Waals surface area contributed by atoms with E-state index in [-0.39, 0.29) is 0 Å². The first kappa shape index (κ1) is 9.76. The molecule has 0 aliphatic rings. The maximum atomic E-state index is 5.98. The van der Waals surface area contributed by atoms with Crippen LogP contribution in [-0.4, -0.2) is 19.3 Å². The summed E-state index contributed by atoms with van der Waals surface area (Å²) in [6.45, 7) is 3.94. The van der Waals surface area contributed by atoms with Crippen LogP contribution in [-0.2, 0) is 14.1 Å². The van der Waals surface area contributed by atoms with Gasteiger partial charge in [0.05, 0.1) is 6.20 Å². The van der Waals surface area contributed by atoms with Crippen molar-refractivity contribution in [1.82, 2.24) is 19.3 Å². The monoisotopic (exact) mass is 205 g/mol. The molecule has 5 nitrogen and oxygen atoms in total. The number of aryl methyl sites for hydroxylation is 2. The number of aromatic nitrogens is 4. The van der Waals surface area contributed by atoms with Crippen molar-refractivity contribution in [2.24, 2.45) is 14.1 Å². The van der Waals surface area contributed by atoms with Gasteiger partial charge in [-0.3, -0.25) is 4.68 Å². The lowest BCUT2D eigenvalue weighted by atomic mass is 10.2. The van der Waals surface area contributed by atoms with Crippen LogP contribution in [0.4, 0.5) is 5.82 Å². The lowest BCUT2D eigenvalue weighted by Gasteiger charge is -1.99. The van der Waals surface area contributed by atoms with Gasteiger partial charge >= 0.3 is 0 Å². The van der Waals surface area contributed by atoms with Crippen LogP contribution >= 0.6 is 0 Å². The van der Waals surface area contributed by atoms with Gasteiger partial charge in [-0.25, -0.2) is 4.98 Å². The maximum absolute atomic E-state index is 5.98. The molecule has 0 unspecified atom stereocenters. The highest BCUT2D eigenvalue weighted by Gasteiger charge is 2.15. The molecule has 2 N–H and O–H groups in total. The van der Waals surface area contributed by atoms with Crippen LogP contribution in [0, 0.1) is 13.8 Å². The van der Waals surface area contributed by atoms with Gasteiger partial charge in [0.1, 0.15) is 17.3 Å². The predicted octanol–water partition coefficient (Wildman–Crippen LogP) is 1.02. The second-order valence-corrected chi connectivity index (χ2v) is 3.72. The smallest absolute Gasteiger partial charge is 0.131 e. The molecule has 0 saturated heterocycles. The van der Waals surface area contributed by atoms with Crippen molar-refractivity contribution in [1.29, 1.82) is 0 Å². The van der Waals surface area contributed by atoms with E-state index in [0.29, 0.717) is 5.82 Å². The number of hydrogen-bond acceptors (Lipinski definition) is 3. The van der Waals surface area contributed by atoms with Gasteiger partial charge in [0, 0.05) is 25.4 Å². The summed E-state index contributed by atoms with van der Waals surface area (Å²) in [6.07, 6.45) is 1.80. The number of nitrogens with zero attached hydrogens (tertiary/aromatic N) is 4. The lowest BCUT2D eigenvalue weighted by Crippen LogP contribution is -1.98. The molecule has 2 heterocycles. The zero-order valence-electron chi connectivity index (χ0n) is 9.44. The van der Waals surface area contributed by atoms with Crippen LogP contribution in [0.5, 0.6) is 0 Å². The number of nitrogen functional groups attached to an aromatic ring is 1. The van der Waals surface area contributed by atoms with Gasteiger partial charge < -0.3 is 10.3 Å². The average Bonchev–Trinajstić information content (AvgIpc) is 2.64. The van der Waals surface area contributed by atoms with E-state index in [2.05, 4.69) is 10.1 Å². The van der Waals surface area contributed by atoms with E-state index in [0.717, 1.165) is 22.8 Å². The molecule has 0 bridgehead atoms. The van der Waals surface area contributed by atoms with E-state index in [1.165, 1.54) is 0 Å². The molecule has 0 amide bonds. The SMILES string of the molecule is Cc1c(-c2nc(C)n(C)c2N)cnn1C. The molecule has 0 radical (unpaired) electrons. The molecule has 0 aliphatic heterocycles. The molecule has 0 atom stereocenters. The third kappa shape index (κ3) is 1.31. The number of imidazole rings is 1. The zero-order valence-corrected chi connectivity index (χ0v) is 9.44. The molecule has 0 spiro atoms. The molecule has 0 aromatic carbocycles. The van der Waals surface area contributed by atoms with Crippen LogP contribution in [0.25, 0.3) is 11.3 Å². The van der Waals surface area contributed by atoms with Crippen molar-refractivity contribution in [3.63, 3.8) is 0 Å². The van der Waals surface area contributed by atoms with E-state index < -0.39 is 0 Å². The van der Waals surface area contributed by atoms with Gasteiger partial charge in [0.25, 0.3) is 0 Å². The molecular weight excluding hydrogens is 190 g/mol. The first-order valence-electron chi connectivity index (χ1n) is 4.80. The summed E-state index contributed by atoms with van der Waals surface area (Å²) < 4.78 is 3.70. The minimum Gasteiger partial charge on any atom is -0.383 e. The number of hydrogen-bond donors (Lipinski definition) is 1. The molecule has 2 aromatic heterocycles. The third-order valence-corrected chi connectivity index (χ3v) is 2.85. The fraction of sp³-hybridized carbons (Fsp3) is 0.400. The van der Waals surface area contributed by atoms with Gasteiger partial charge in [-0.05, 0) is 13.8 Å². The number of nitrogens with two attached hydrogens (primary N) is 1. The Hall–Kier alpha value is -1.78. The zero-order chi connectivity index (χ0) is 11.2. The van der Waals surface area contributed by atoms with Crippen LogP contribution < -0.4 is 5.73 Å². The van der Waals surface area contributed by atoms with E-state index in [9.17, 15) is 0 Å². The molecular formula is C10H15N5. The highest BCUT2D eigenvalue weighted by atomic mass is 15.3. The molecule has 5 heteroatoms. The minimum absolute atomic E-state index is 0.684. The van der Waals surface area contributed by atoms with Crippen LogP contribution in [0.15, 0.2) is 6.20 Å². The van der Waals surface area contributed by atoms with Crippen LogP contribution in [0.2, 0.25) is 0 Å². The third-order valence-electron chi connectivity index (χ3n) is 2.85. The Kier molecular flexibility index (Phi) is 2.03. The van der Waals surface area contributed by atoms with Crippen molar-refractivity contribution < 1.29 is 0 Å². The molecule has 2 rings (SSSR count). The predicted molar refractivity (Wildman–Crippen MR) is 59.3 cm³/mol. The summed E-state index contributed by atoms with van der Waals surface area (Å²) in [7, 11) is 3.82. The van der Waals surface area contributed by atoms with Crippen molar-refractivity contribution in [3.05, 3.63) is 17.7 Å². The maximum Gasteiger partial charge on any atom is 0.131 e. The van der Waals surface area contributed by atoms with Gasteiger partial charge in [0.15, 0.2) is 0 Å². The topological polar surface area (TPSA) is 61.7 Å². The second kappa shape index (κ2) is 3.12. The van der Waals surface area contributed by atoms with E-state index in [1.54, 1.807) is 6.20 Å². The molecule has 0 aliphatic carbocycles. The number of rotatable bonds is 1. The summed E-state index contributed by atoms with van der Waals surface area (Å²) in [5, 5.41) is 4.18. The highest BCUT2D eigenvalue weighted by molar-refractivity contribution is 5.72. The van der Waals surface area contributed by atoms with Crippen molar-refractivity contribution in [2.45, 2.75) is 13.8 Å². The number of anilines is 1.